The number of amides is 3. The first kappa shape index (κ1) is 22.3. The van der Waals surface area contributed by atoms with Crippen LogP contribution in [0.1, 0.15) is 44.5 Å². The zero-order valence-electron chi connectivity index (χ0n) is 16.3. The van der Waals surface area contributed by atoms with Crippen molar-refractivity contribution in [2.75, 3.05) is 26.4 Å². The predicted octanol–water partition coefficient (Wildman–Crippen LogP) is 2.51. The Morgan fingerprint density at radius 2 is 1.70 bits per heavy atom. The van der Waals surface area contributed by atoms with Crippen LogP contribution in [-0.2, 0) is 9.53 Å². The normalized spacial score (nSPS) is 10.3. The Hall–Kier alpha value is -2.77. The molecular formula is C19H28N2O6. The zero-order chi connectivity index (χ0) is 20.2. The van der Waals surface area contributed by atoms with Gasteiger partial charge in [0.2, 0.25) is 0 Å². The van der Waals surface area contributed by atoms with Crippen molar-refractivity contribution < 1.29 is 28.6 Å². The number of carbonyl (C=O) groups excluding carboxylic acids is 3. The van der Waals surface area contributed by atoms with E-state index in [1.807, 2.05) is 27.7 Å². The summed E-state index contributed by atoms with van der Waals surface area (Å²) in [6, 6.07) is 4.00. The molecular weight excluding hydrogens is 352 g/mol. The van der Waals surface area contributed by atoms with Gasteiger partial charge in [0, 0.05) is 6.54 Å². The fourth-order valence-corrected chi connectivity index (χ4v) is 2.07. The molecule has 1 aromatic carbocycles. The van der Waals surface area contributed by atoms with Crippen molar-refractivity contribution in [2.24, 2.45) is 5.92 Å². The summed E-state index contributed by atoms with van der Waals surface area (Å²) in [6.45, 7) is 8.49. The van der Waals surface area contributed by atoms with Crippen LogP contribution in [0.15, 0.2) is 18.2 Å². The van der Waals surface area contributed by atoms with E-state index in [0.29, 0.717) is 37.2 Å². The first-order valence-corrected chi connectivity index (χ1v) is 9.01. The number of benzene rings is 1. The molecule has 1 rings (SSSR count). The van der Waals surface area contributed by atoms with Crippen LogP contribution in [0, 0.1) is 5.92 Å². The molecule has 0 radical (unpaired) electrons. The molecule has 0 atom stereocenters. The molecule has 8 nitrogen and oxygen atoms in total. The van der Waals surface area contributed by atoms with Gasteiger partial charge in [0.1, 0.15) is 0 Å². The van der Waals surface area contributed by atoms with Gasteiger partial charge in [-0.05, 0) is 44.4 Å². The minimum atomic E-state index is -0.707. The Labute approximate surface area is 159 Å². The molecule has 0 aromatic heterocycles. The molecule has 8 heteroatoms. The topological polar surface area (TPSA) is 103 Å². The molecule has 0 fully saturated rings. The first-order valence-electron chi connectivity index (χ1n) is 9.01. The molecule has 0 aliphatic rings. The van der Waals surface area contributed by atoms with Gasteiger partial charge >= 0.3 is 12.0 Å². The van der Waals surface area contributed by atoms with E-state index in [-0.39, 0.29) is 5.56 Å². The van der Waals surface area contributed by atoms with Gasteiger partial charge in [-0.2, -0.15) is 0 Å². The Kier molecular flexibility index (Phi) is 9.71. The van der Waals surface area contributed by atoms with Crippen LogP contribution in [0.3, 0.4) is 0 Å². The van der Waals surface area contributed by atoms with Crippen molar-refractivity contribution in [2.45, 2.75) is 34.1 Å². The van der Waals surface area contributed by atoms with Gasteiger partial charge in [-0.3, -0.25) is 10.1 Å². The van der Waals surface area contributed by atoms with Crippen LogP contribution < -0.4 is 20.1 Å². The van der Waals surface area contributed by atoms with E-state index < -0.39 is 24.5 Å². The fraction of sp³-hybridized carbons (Fsp3) is 0.526. The second-order valence-electron chi connectivity index (χ2n) is 6.09. The summed E-state index contributed by atoms with van der Waals surface area (Å²) < 4.78 is 15.8. The molecule has 0 aliphatic heterocycles. The third kappa shape index (κ3) is 8.44. The number of urea groups is 1. The van der Waals surface area contributed by atoms with E-state index in [9.17, 15) is 14.4 Å². The van der Waals surface area contributed by atoms with Crippen molar-refractivity contribution >= 4 is 17.9 Å². The Morgan fingerprint density at radius 1 is 1.04 bits per heavy atom. The largest absolute Gasteiger partial charge is 0.490 e. The van der Waals surface area contributed by atoms with Crippen LogP contribution in [0.25, 0.3) is 0 Å². The quantitative estimate of drug-likeness (QED) is 0.605. The van der Waals surface area contributed by atoms with Gasteiger partial charge in [0.05, 0.1) is 18.8 Å². The maximum absolute atomic E-state index is 12.1. The van der Waals surface area contributed by atoms with Gasteiger partial charge < -0.3 is 19.5 Å². The van der Waals surface area contributed by atoms with Crippen molar-refractivity contribution in [3.8, 4) is 11.5 Å². The smallest absolute Gasteiger partial charge is 0.338 e. The van der Waals surface area contributed by atoms with Gasteiger partial charge in [0.25, 0.3) is 5.91 Å². The van der Waals surface area contributed by atoms with Crippen molar-refractivity contribution in [3.63, 3.8) is 0 Å². The third-order valence-corrected chi connectivity index (χ3v) is 3.37. The van der Waals surface area contributed by atoms with E-state index in [1.54, 1.807) is 6.07 Å². The number of nitrogens with one attached hydrogen (secondary N) is 2. The number of ether oxygens (including phenoxy) is 3. The molecule has 0 unspecified atom stereocenters. The number of esters is 1. The number of carbonyl (C=O) groups is 3. The predicted molar refractivity (Wildman–Crippen MR) is 100 cm³/mol. The number of hydrogen-bond donors (Lipinski definition) is 2. The molecule has 0 heterocycles. The van der Waals surface area contributed by atoms with Crippen molar-refractivity contribution in [1.82, 2.24) is 10.6 Å². The maximum atomic E-state index is 12.1. The van der Waals surface area contributed by atoms with E-state index in [2.05, 4.69) is 10.6 Å². The second kappa shape index (κ2) is 11.8. The molecule has 2 N–H and O–H groups in total. The number of hydrogen-bond acceptors (Lipinski definition) is 6. The minimum Gasteiger partial charge on any atom is -0.490 e. The fourth-order valence-electron chi connectivity index (χ4n) is 2.07. The summed E-state index contributed by atoms with van der Waals surface area (Å²) in [5.41, 5.74) is 0.219. The van der Waals surface area contributed by atoms with Crippen molar-refractivity contribution in [1.29, 1.82) is 0 Å². The summed E-state index contributed by atoms with van der Waals surface area (Å²) >= 11 is 0. The lowest BCUT2D eigenvalue weighted by molar-refractivity contribution is -0.123. The van der Waals surface area contributed by atoms with Crippen LogP contribution in [0.5, 0.6) is 11.5 Å². The van der Waals surface area contributed by atoms with Gasteiger partial charge in [0.15, 0.2) is 18.1 Å². The van der Waals surface area contributed by atoms with Gasteiger partial charge in [-0.15, -0.1) is 0 Å². The van der Waals surface area contributed by atoms with E-state index in [1.165, 1.54) is 12.1 Å². The molecule has 0 spiro atoms. The monoisotopic (exact) mass is 380 g/mol. The van der Waals surface area contributed by atoms with Gasteiger partial charge in [-0.1, -0.05) is 13.8 Å². The highest BCUT2D eigenvalue weighted by Gasteiger charge is 2.15. The molecule has 0 aliphatic carbocycles. The van der Waals surface area contributed by atoms with Crippen molar-refractivity contribution in [3.05, 3.63) is 23.8 Å². The van der Waals surface area contributed by atoms with E-state index in [4.69, 9.17) is 14.2 Å². The van der Waals surface area contributed by atoms with Crippen LogP contribution in [0.4, 0.5) is 4.79 Å². The molecule has 150 valence electrons. The van der Waals surface area contributed by atoms with Gasteiger partial charge in [-0.25, -0.2) is 9.59 Å². The lowest BCUT2D eigenvalue weighted by atomic mass is 10.1. The molecule has 0 saturated heterocycles. The zero-order valence-corrected chi connectivity index (χ0v) is 16.3. The maximum Gasteiger partial charge on any atom is 0.338 e. The second-order valence-corrected chi connectivity index (χ2v) is 6.09. The summed E-state index contributed by atoms with van der Waals surface area (Å²) in [7, 11) is 0. The summed E-state index contributed by atoms with van der Waals surface area (Å²) in [5.74, 6) is -0.0251. The van der Waals surface area contributed by atoms with E-state index >= 15 is 0 Å². The Morgan fingerprint density at radius 3 is 2.33 bits per heavy atom. The first-order chi connectivity index (χ1) is 12.9. The summed E-state index contributed by atoms with van der Waals surface area (Å²) in [5, 5.41) is 4.67. The molecule has 27 heavy (non-hydrogen) atoms. The average Bonchev–Trinajstić information content (AvgIpc) is 2.61. The highest BCUT2D eigenvalue weighted by Crippen LogP contribution is 2.28. The molecule has 1 aromatic rings. The highest BCUT2D eigenvalue weighted by molar-refractivity contribution is 5.97. The average molecular weight is 380 g/mol. The van der Waals surface area contributed by atoms with E-state index in [0.717, 1.165) is 6.42 Å². The Bertz CT molecular complexity index is 645. The molecule has 3 amide bonds. The Balaban J connectivity index is 2.52. The summed E-state index contributed by atoms with van der Waals surface area (Å²) in [6.07, 6.45) is 0.802. The summed E-state index contributed by atoms with van der Waals surface area (Å²) in [4.78, 5) is 35.4. The van der Waals surface area contributed by atoms with Crippen LogP contribution in [-0.4, -0.2) is 44.3 Å². The molecule has 0 saturated carbocycles. The number of imide groups is 1. The molecule has 0 bridgehead atoms. The lowest BCUT2D eigenvalue weighted by Gasteiger charge is -2.12. The minimum absolute atomic E-state index is 0.219. The third-order valence-electron chi connectivity index (χ3n) is 3.37. The van der Waals surface area contributed by atoms with Crippen LogP contribution in [0.2, 0.25) is 0 Å². The van der Waals surface area contributed by atoms with Crippen LogP contribution >= 0.6 is 0 Å². The lowest BCUT2D eigenvalue weighted by Crippen LogP contribution is -2.41. The SMILES string of the molecule is CCOc1ccc(C(=O)OCC(=O)NC(=O)NCCC(C)C)cc1OCC. The number of rotatable bonds is 10. The standard InChI is InChI=1S/C19H28N2O6/c1-5-25-15-8-7-14(11-16(15)26-6-2)18(23)27-12-17(22)21-19(24)20-10-9-13(3)4/h7-8,11,13H,5-6,9-10,12H2,1-4H3,(H2,20,21,22,24). The highest BCUT2D eigenvalue weighted by atomic mass is 16.5.